The third-order valence-electron chi connectivity index (χ3n) is 14.1. The largest absolute Gasteiger partial charge is 0.309 e. The number of hydrogen-bond acceptors (Lipinski definition) is 2. The maximum atomic E-state index is 16.7. The van der Waals surface area contributed by atoms with Gasteiger partial charge in [0.05, 0.1) is 22.1 Å². The van der Waals surface area contributed by atoms with Crippen molar-refractivity contribution in [3.63, 3.8) is 0 Å². The van der Waals surface area contributed by atoms with Crippen LogP contribution in [0.2, 0.25) is 0 Å². The molecule has 11 aromatic rings. The Morgan fingerprint density at radius 3 is 1.90 bits per heavy atom. The first kappa shape index (κ1) is 35.3. The lowest BCUT2D eigenvalue weighted by Gasteiger charge is -2.39. The molecule has 0 amide bonds. The summed E-state index contributed by atoms with van der Waals surface area (Å²) in [7, 11) is -3.35. The molecule has 1 unspecified atom stereocenters. The molecule has 0 saturated carbocycles. The maximum Gasteiger partial charge on any atom is 0.172 e. The molecule has 0 radical (unpaired) electrons. The molecule has 2 aliphatic heterocycles. The zero-order chi connectivity index (χ0) is 41.4. The van der Waals surface area contributed by atoms with Crippen LogP contribution >= 0.6 is 18.5 Å². The third-order valence-corrected chi connectivity index (χ3v) is 18.4. The number of hydrogen-bond donors (Lipinski definition) is 0. The Morgan fingerprint density at radius 1 is 0.429 bits per heavy atom. The first-order chi connectivity index (χ1) is 31.1. The summed E-state index contributed by atoms with van der Waals surface area (Å²) in [6.07, 6.45) is 0. The Hall–Kier alpha value is -7.29. The fourth-order valence-electron chi connectivity index (χ4n) is 11.5. The van der Waals surface area contributed by atoms with Gasteiger partial charge in [-0.05, 0) is 97.1 Å². The van der Waals surface area contributed by atoms with Crippen LogP contribution in [0.1, 0.15) is 22.3 Å². The second-order valence-electron chi connectivity index (χ2n) is 17.0. The van der Waals surface area contributed by atoms with Gasteiger partial charge in [-0.15, -0.1) is 11.3 Å². The molecule has 0 saturated heterocycles. The summed E-state index contributed by atoms with van der Waals surface area (Å²) >= 11 is 1.83. The first-order valence-corrected chi connectivity index (χ1v) is 24.1. The van der Waals surface area contributed by atoms with Crippen molar-refractivity contribution < 1.29 is 4.57 Å². The molecule has 1 aliphatic carbocycles. The van der Waals surface area contributed by atoms with Gasteiger partial charge in [-0.25, -0.2) is 0 Å². The van der Waals surface area contributed by atoms with Crippen LogP contribution in [-0.2, 0) is 9.98 Å². The lowest BCUT2D eigenvalue weighted by Crippen LogP contribution is -2.34. The van der Waals surface area contributed by atoms with Crippen molar-refractivity contribution >= 4 is 56.2 Å². The standard InChI is InChI=1S/C59H36NOPS/c61-62(41-16-5-2-6-17-41)53-25-12-8-19-43(53)45-31-33-49-56(58(45)62)46-36-40(37-26-28-39(29-27-37)55-35-34-54(63-55)38-14-3-1-4-15-38)30-32-47(46)59(49)48-21-9-11-24-52(48)60-51-23-10-7-18-42(51)44-20-13-22-50(59)57(44)60/h1-36H/t59?,62-/m0/s1. The summed E-state index contributed by atoms with van der Waals surface area (Å²) in [4.78, 5) is 2.52. The van der Waals surface area contributed by atoms with Crippen molar-refractivity contribution in [2.45, 2.75) is 5.41 Å². The van der Waals surface area contributed by atoms with Gasteiger partial charge in [-0.1, -0.05) is 188 Å². The molecule has 2 nitrogen and oxygen atoms in total. The van der Waals surface area contributed by atoms with E-state index < -0.39 is 12.6 Å². The Bertz CT molecular complexity index is 3770. The molecule has 4 heteroatoms. The fourth-order valence-corrected chi connectivity index (χ4v) is 15.8. The molecule has 0 N–H and O–H groups in total. The van der Waals surface area contributed by atoms with Crippen molar-refractivity contribution in [3.05, 3.63) is 241 Å². The van der Waals surface area contributed by atoms with Gasteiger partial charge in [0.2, 0.25) is 0 Å². The van der Waals surface area contributed by atoms with Gasteiger partial charge in [0, 0.05) is 36.4 Å². The van der Waals surface area contributed by atoms with Crippen molar-refractivity contribution in [2.75, 3.05) is 0 Å². The molecule has 0 fully saturated rings. The van der Waals surface area contributed by atoms with Crippen LogP contribution in [0.25, 0.3) is 81.8 Å². The average molecular weight is 838 g/mol. The van der Waals surface area contributed by atoms with Gasteiger partial charge >= 0.3 is 0 Å². The van der Waals surface area contributed by atoms with Crippen molar-refractivity contribution in [2.24, 2.45) is 0 Å². The van der Waals surface area contributed by atoms with Gasteiger partial charge < -0.3 is 9.13 Å². The summed E-state index contributed by atoms with van der Waals surface area (Å²) in [5.74, 6) is 0. The van der Waals surface area contributed by atoms with E-state index in [9.17, 15) is 0 Å². The number of nitrogens with zero attached hydrogens (tertiary/aromatic N) is 1. The highest BCUT2D eigenvalue weighted by atomic mass is 32.1. The maximum absolute atomic E-state index is 16.7. The van der Waals surface area contributed by atoms with E-state index in [0.29, 0.717) is 0 Å². The number of thiophene rings is 1. The van der Waals surface area contributed by atoms with E-state index in [-0.39, 0.29) is 0 Å². The Labute approximate surface area is 369 Å². The molecule has 294 valence electrons. The minimum atomic E-state index is -3.35. The van der Waals surface area contributed by atoms with Gasteiger partial charge in [0.1, 0.15) is 0 Å². The lowest BCUT2D eigenvalue weighted by atomic mass is 9.65. The minimum absolute atomic E-state index is 0.672. The van der Waals surface area contributed by atoms with E-state index in [2.05, 4.69) is 199 Å². The van der Waals surface area contributed by atoms with Gasteiger partial charge in [-0.2, -0.15) is 0 Å². The highest BCUT2D eigenvalue weighted by Gasteiger charge is 2.54. The number of rotatable bonds is 4. The van der Waals surface area contributed by atoms with Crippen molar-refractivity contribution in [1.29, 1.82) is 0 Å². The summed E-state index contributed by atoms with van der Waals surface area (Å²) < 4.78 is 19.2. The lowest BCUT2D eigenvalue weighted by molar-refractivity contribution is 0.593. The minimum Gasteiger partial charge on any atom is -0.309 e. The Balaban J connectivity index is 1.05. The average Bonchev–Trinajstić information content (AvgIpc) is 4.11. The zero-order valence-corrected chi connectivity index (χ0v) is 35.7. The van der Waals surface area contributed by atoms with E-state index in [0.717, 1.165) is 49.3 Å². The van der Waals surface area contributed by atoms with E-state index >= 15 is 4.57 Å². The molecule has 2 atom stereocenters. The van der Waals surface area contributed by atoms with Crippen LogP contribution in [0.3, 0.4) is 0 Å². The smallest absolute Gasteiger partial charge is 0.172 e. The third kappa shape index (κ3) is 4.55. The van der Waals surface area contributed by atoms with Crippen molar-refractivity contribution in [3.8, 4) is 59.9 Å². The van der Waals surface area contributed by atoms with Gasteiger partial charge in [0.15, 0.2) is 7.14 Å². The van der Waals surface area contributed by atoms with Crippen LogP contribution in [0, 0.1) is 0 Å². The molecule has 63 heavy (non-hydrogen) atoms. The normalized spacial score (nSPS) is 17.4. The zero-order valence-electron chi connectivity index (χ0n) is 34.0. The molecule has 3 aliphatic rings. The summed E-state index contributed by atoms with van der Waals surface area (Å²) in [5.41, 5.74) is 17.0. The van der Waals surface area contributed by atoms with E-state index in [4.69, 9.17) is 0 Å². The van der Waals surface area contributed by atoms with Crippen LogP contribution in [-0.4, -0.2) is 4.57 Å². The molecule has 0 bridgehead atoms. The van der Waals surface area contributed by atoms with Crippen molar-refractivity contribution in [1.82, 2.24) is 4.57 Å². The highest BCUT2D eigenvalue weighted by Crippen LogP contribution is 2.65. The summed E-state index contributed by atoms with van der Waals surface area (Å²) in [5, 5.41) is 5.24. The number of aromatic nitrogens is 1. The van der Waals surface area contributed by atoms with Crippen LogP contribution < -0.4 is 15.9 Å². The Morgan fingerprint density at radius 2 is 1.06 bits per heavy atom. The monoisotopic (exact) mass is 837 g/mol. The predicted octanol–water partition coefficient (Wildman–Crippen LogP) is 14.1. The number of benzene rings is 9. The van der Waals surface area contributed by atoms with E-state index in [1.54, 1.807) is 0 Å². The van der Waals surface area contributed by atoms with E-state index in [1.165, 1.54) is 70.6 Å². The molecule has 4 heterocycles. The fraction of sp³-hybridized carbons (Fsp3) is 0.0169. The SMILES string of the molecule is O=[P@@]1(c2ccccc2)c2ccccc2-c2ccc3c(c21)-c1cc(-c2ccc(-c4ccc(-c5ccccc5)s4)cc2)ccc1C31c2ccccc2-n2c3ccccc3c3cccc1c32. The second-order valence-corrected chi connectivity index (χ2v) is 20.8. The summed E-state index contributed by atoms with van der Waals surface area (Å²) in [6, 6.07) is 79.2. The topological polar surface area (TPSA) is 22.0 Å². The Kier molecular flexibility index (Phi) is 7.22. The second kappa shape index (κ2) is 12.9. The number of para-hydroxylation sites is 3. The highest BCUT2D eigenvalue weighted by molar-refractivity contribution is 7.86. The number of fused-ring (bicyclic) bond motifs is 16. The molecule has 9 aromatic carbocycles. The summed E-state index contributed by atoms with van der Waals surface area (Å²) in [6.45, 7) is 0. The van der Waals surface area contributed by atoms with Gasteiger partial charge in [-0.3, -0.25) is 0 Å². The molecule has 2 aromatic heterocycles. The predicted molar refractivity (Wildman–Crippen MR) is 264 cm³/mol. The molecule has 14 rings (SSSR count). The molecular formula is C59H36NOPS. The quantitative estimate of drug-likeness (QED) is 0.162. The first-order valence-electron chi connectivity index (χ1n) is 21.6. The van der Waals surface area contributed by atoms with Crippen LogP contribution in [0.15, 0.2) is 218 Å². The van der Waals surface area contributed by atoms with Gasteiger partial charge in [0.25, 0.3) is 0 Å². The van der Waals surface area contributed by atoms with Crippen LogP contribution in [0.4, 0.5) is 0 Å². The van der Waals surface area contributed by atoms with E-state index in [1.807, 2.05) is 35.6 Å². The molecule has 1 spiro atoms. The molecular weight excluding hydrogens is 802 g/mol. The van der Waals surface area contributed by atoms with Crippen LogP contribution in [0.5, 0.6) is 0 Å².